The Bertz CT molecular complexity index is 947. The number of hydrogen-bond donors (Lipinski definition) is 2. The van der Waals surface area contributed by atoms with Gasteiger partial charge >= 0.3 is 6.18 Å². The van der Waals surface area contributed by atoms with Crippen LogP contribution in [-0.2, 0) is 6.18 Å². The Balaban J connectivity index is 1.85. The van der Waals surface area contributed by atoms with Gasteiger partial charge in [-0.25, -0.2) is 4.98 Å². The van der Waals surface area contributed by atoms with Crippen molar-refractivity contribution in [3.05, 3.63) is 35.8 Å². The van der Waals surface area contributed by atoms with Crippen LogP contribution in [0, 0.1) is 17.2 Å². The molecule has 1 aliphatic carbocycles. The van der Waals surface area contributed by atoms with Crippen molar-refractivity contribution in [1.82, 2.24) is 19.7 Å². The van der Waals surface area contributed by atoms with Crippen molar-refractivity contribution in [3.63, 3.8) is 0 Å². The summed E-state index contributed by atoms with van der Waals surface area (Å²) in [6.07, 6.45) is 0.178. The van der Waals surface area contributed by atoms with E-state index in [-0.39, 0.29) is 35.1 Å². The predicted octanol–water partition coefficient (Wildman–Crippen LogP) is 2.93. The summed E-state index contributed by atoms with van der Waals surface area (Å²) >= 11 is 0. The van der Waals surface area contributed by atoms with Gasteiger partial charge in [0.15, 0.2) is 5.82 Å². The second kappa shape index (κ2) is 8.31. The second-order valence-corrected chi connectivity index (χ2v) is 7.52. The van der Waals surface area contributed by atoms with Crippen LogP contribution in [0.3, 0.4) is 0 Å². The molecule has 30 heavy (non-hydrogen) atoms. The van der Waals surface area contributed by atoms with E-state index in [0.717, 1.165) is 18.7 Å². The van der Waals surface area contributed by atoms with Crippen molar-refractivity contribution in [2.75, 3.05) is 19.4 Å². The molecule has 0 aromatic carbocycles. The first-order valence-electron chi connectivity index (χ1n) is 9.35. The third-order valence-electron chi connectivity index (χ3n) is 5.34. The maximum atomic E-state index is 12.7. The molecule has 0 aliphatic heterocycles. The summed E-state index contributed by atoms with van der Waals surface area (Å²) in [6, 6.07) is 4.40. The maximum absolute atomic E-state index is 12.7. The summed E-state index contributed by atoms with van der Waals surface area (Å²) in [5.41, 5.74) is 4.74. The highest BCUT2D eigenvalue weighted by atomic mass is 19.4. The topological polar surface area (TPSA) is 113 Å². The van der Waals surface area contributed by atoms with Gasteiger partial charge in [-0.1, -0.05) is 0 Å². The molecule has 2 aromatic rings. The van der Waals surface area contributed by atoms with E-state index < -0.39 is 17.8 Å². The smallest absolute Gasteiger partial charge is 0.365 e. The lowest BCUT2D eigenvalue weighted by molar-refractivity contribution is -0.141. The summed E-state index contributed by atoms with van der Waals surface area (Å²) in [4.78, 5) is 17.3. The van der Waals surface area contributed by atoms with Crippen LogP contribution >= 0.6 is 0 Å². The van der Waals surface area contributed by atoms with E-state index in [1.54, 1.807) is 4.68 Å². The van der Waals surface area contributed by atoms with Crippen LogP contribution in [0.25, 0.3) is 0 Å². The summed E-state index contributed by atoms with van der Waals surface area (Å²) < 4.78 is 39.6. The van der Waals surface area contributed by atoms with Crippen molar-refractivity contribution in [2.45, 2.75) is 37.5 Å². The third-order valence-corrected chi connectivity index (χ3v) is 5.34. The zero-order valence-electron chi connectivity index (χ0n) is 16.5. The average molecular weight is 421 g/mol. The zero-order chi connectivity index (χ0) is 22.1. The minimum absolute atomic E-state index is 0.0846. The molecule has 3 N–H and O–H groups in total. The molecule has 1 fully saturated rings. The predicted molar refractivity (Wildman–Crippen MR) is 103 cm³/mol. The number of primary amides is 1. The number of amides is 1. The number of pyridine rings is 1. The van der Waals surface area contributed by atoms with E-state index in [1.165, 1.54) is 12.3 Å². The largest absolute Gasteiger partial charge is 0.433 e. The molecule has 2 aromatic heterocycles. The van der Waals surface area contributed by atoms with Crippen molar-refractivity contribution in [2.24, 2.45) is 11.7 Å². The SMILES string of the molecule is CN(C)[C@H]1CC[C@H](n2cc(C(N)=O)c(Nc3ccc(C(F)(F)F)nc3)n2)[C@@H](C#N)C1. The number of rotatable bonds is 5. The van der Waals surface area contributed by atoms with E-state index in [4.69, 9.17) is 5.73 Å². The van der Waals surface area contributed by atoms with Gasteiger partial charge in [0.2, 0.25) is 0 Å². The Labute approximate surface area is 171 Å². The summed E-state index contributed by atoms with van der Waals surface area (Å²) in [5.74, 6) is -0.929. The van der Waals surface area contributed by atoms with Crippen LogP contribution in [0.5, 0.6) is 0 Å². The second-order valence-electron chi connectivity index (χ2n) is 7.52. The Morgan fingerprint density at radius 2 is 2.10 bits per heavy atom. The minimum atomic E-state index is -4.55. The molecule has 1 aliphatic rings. The molecule has 3 atom stereocenters. The van der Waals surface area contributed by atoms with E-state index >= 15 is 0 Å². The number of nitriles is 1. The molecule has 3 rings (SSSR count). The first kappa shape index (κ1) is 21.6. The third kappa shape index (κ3) is 4.54. The molecule has 0 saturated heterocycles. The highest BCUT2D eigenvalue weighted by Gasteiger charge is 2.34. The molecule has 1 amide bonds. The van der Waals surface area contributed by atoms with E-state index in [9.17, 15) is 23.2 Å². The quantitative estimate of drug-likeness (QED) is 0.768. The van der Waals surface area contributed by atoms with Crippen molar-refractivity contribution in [3.8, 4) is 6.07 Å². The van der Waals surface area contributed by atoms with Crippen molar-refractivity contribution >= 4 is 17.4 Å². The number of carbonyl (C=O) groups is 1. The number of halogens is 3. The first-order valence-corrected chi connectivity index (χ1v) is 9.35. The number of nitrogens with one attached hydrogen (secondary N) is 1. The average Bonchev–Trinajstić information content (AvgIpc) is 3.11. The molecule has 160 valence electrons. The van der Waals surface area contributed by atoms with Gasteiger partial charge in [-0.05, 0) is 45.5 Å². The summed E-state index contributed by atoms with van der Waals surface area (Å²) in [6.45, 7) is 0. The van der Waals surface area contributed by atoms with Crippen LogP contribution in [0.4, 0.5) is 24.7 Å². The van der Waals surface area contributed by atoms with E-state index in [0.29, 0.717) is 12.8 Å². The summed E-state index contributed by atoms with van der Waals surface area (Å²) in [7, 11) is 3.94. The maximum Gasteiger partial charge on any atom is 0.433 e. The number of anilines is 2. The van der Waals surface area contributed by atoms with Crippen LogP contribution in [-0.4, -0.2) is 45.7 Å². The Morgan fingerprint density at radius 1 is 1.37 bits per heavy atom. The lowest BCUT2D eigenvalue weighted by Gasteiger charge is -2.35. The van der Waals surface area contributed by atoms with Crippen molar-refractivity contribution < 1.29 is 18.0 Å². The number of nitrogens with zero attached hydrogens (tertiary/aromatic N) is 5. The number of alkyl halides is 3. The highest BCUT2D eigenvalue weighted by Crippen LogP contribution is 2.36. The molecular formula is C19H22F3N7O. The zero-order valence-corrected chi connectivity index (χ0v) is 16.5. The fourth-order valence-corrected chi connectivity index (χ4v) is 3.66. The monoisotopic (exact) mass is 421 g/mol. The Hall–Kier alpha value is -3.13. The fourth-order valence-electron chi connectivity index (χ4n) is 3.66. The highest BCUT2D eigenvalue weighted by molar-refractivity contribution is 5.98. The molecule has 0 unspecified atom stereocenters. The Morgan fingerprint density at radius 3 is 2.63 bits per heavy atom. The molecule has 1 saturated carbocycles. The molecule has 2 heterocycles. The van der Waals surface area contributed by atoms with Gasteiger partial charge in [-0.2, -0.15) is 23.5 Å². The van der Waals surface area contributed by atoms with Gasteiger partial charge in [-0.15, -0.1) is 0 Å². The summed E-state index contributed by atoms with van der Waals surface area (Å²) in [5, 5.41) is 16.8. The van der Waals surface area contributed by atoms with Crippen molar-refractivity contribution in [1.29, 1.82) is 5.26 Å². The van der Waals surface area contributed by atoms with Gasteiger partial charge in [-0.3, -0.25) is 9.48 Å². The number of nitrogens with two attached hydrogens (primary N) is 1. The lowest BCUT2D eigenvalue weighted by atomic mass is 9.82. The normalized spacial score (nSPS) is 22.0. The molecule has 0 bridgehead atoms. The van der Waals surface area contributed by atoms with Gasteiger partial charge in [0.05, 0.1) is 29.9 Å². The van der Waals surface area contributed by atoms with Gasteiger partial charge in [0, 0.05) is 12.2 Å². The van der Waals surface area contributed by atoms with Crippen LogP contribution in [0.15, 0.2) is 24.5 Å². The number of aromatic nitrogens is 3. The minimum Gasteiger partial charge on any atom is -0.365 e. The molecule has 0 radical (unpaired) electrons. The number of hydrogen-bond acceptors (Lipinski definition) is 6. The van der Waals surface area contributed by atoms with E-state index in [2.05, 4.69) is 26.4 Å². The molecule has 8 nitrogen and oxygen atoms in total. The van der Waals surface area contributed by atoms with Crippen LogP contribution in [0.2, 0.25) is 0 Å². The first-order chi connectivity index (χ1) is 14.1. The standard InChI is InChI=1S/C19H22F3N7O/c1-28(2)13-4-5-15(11(7-13)8-23)29-10-14(17(24)30)18(27-29)26-12-3-6-16(25-9-12)19(20,21)22/h3,6,9-11,13,15H,4-5,7H2,1-2H3,(H2,24,30)(H,26,27)/t11-,13+,15+/m1/s1. The van der Waals surface area contributed by atoms with Gasteiger partial charge < -0.3 is 16.0 Å². The number of carbonyl (C=O) groups excluding carboxylic acids is 1. The molecule has 11 heteroatoms. The van der Waals surface area contributed by atoms with Gasteiger partial charge in [0.25, 0.3) is 5.91 Å². The fraction of sp³-hybridized carbons (Fsp3) is 0.474. The lowest BCUT2D eigenvalue weighted by Crippen LogP contribution is -2.37. The van der Waals surface area contributed by atoms with Crippen LogP contribution in [0.1, 0.15) is 41.4 Å². The molecule has 0 spiro atoms. The molecular weight excluding hydrogens is 399 g/mol. The Kier molecular flexibility index (Phi) is 5.98. The van der Waals surface area contributed by atoms with Gasteiger partial charge in [0.1, 0.15) is 11.3 Å². The van der Waals surface area contributed by atoms with E-state index in [1.807, 2.05) is 14.1 Å². The van der Waals surface area contributed by atoms with Crippen LogP contribution < -0.4 is 11.1 Å².